The Morgan fingerprint density at radius 1 is 1.30 bits per heavy atom. The topological polar surface area (TPSA) is 89.8 Å². The number of esters is 1. The smallest absolute Gasteiger partial charge is 0.343 e. The highest BCUT2D eigenvalue weighted by atomic mass is 32.2. The first kappa shape index (κ1) is 21.7. The molecule has 1 atom stereocenters. The lowest BCUT2D eigenvalue weighted by atomic mass is 10.2. The van der Waals surface area contributed by atoms with Crippen LogP contribution in [0.2, 0.25) is 0 Å². The Kier molecular flexibility index (Phi) is 6.63. The number of carbonyl (C=O) groups excluding carboxylic acids is 2. The van der Waals surface area contributed by atoms with E-state index in [-0.39, 0.29) is 28.9 Å². The lowest BCUT2D eigenvalue weighted by Crippen LogP contribution is -2.36. The van der Waals surface area contributed by atoms with E-state index in [9.17, 15) is 19.7 Å². The summed E-state index contributed by atoms with van der Waals surface area (Å²) in [6.07, 6.45) is 2.55. The maximum Gasteiger partial charge on any atom is 0.343 e. The number of non-ortho nitro benzene ring substituents is 1. The summed E-state index contributed by atoms with van der Waals surface area (Å²) in [7, 11) is 0. The van der Waals surface area contributed by atoms with Gasteiger partial charge in [-0.2, -0.15) is 0 Å². The SMILES string of the molecule is CC[C@@H](C)N1C(=O)/C(=C/c2ccc(OC(=O)c3cccc([N+](=O)[O-])c3)cc2)SC1=S. The highest BCUT2D eigenvalue weighted by Crippen LogP contribution is 2.34. The van der Waals surface area contributed by atoms with E-state index < -0.39 is 10.9 Å². The number of nitrogens with zero attached hydrogens (tertiary/aromatic N) is 2. The second-order valence-electron chi connectivity index (χ2n) is 6.57. The van der Waals surface area contributed by atoms with E-state index in [1.807, 2.05) is 13.8 Å². The highest BCUT2D eigenvalue weighted by molar-refractivity contribution is 8.26. The van der Waals surface area contributed by atoms with E-state index >= 15 is 0 Å². The normalized spacial score (nSPS) is 16.1. The Hall–Kier alpha value is -3.04. The number of thioether (sulfide) groups is 1. The number of rotatable bonds is 6. The Balaban J connectivity index is 1.71. The van der Waals surface area contributed by atoms with E-state index in [1.54, 1.807) is 35.2 Å². The number of carbonyl (C=O) groups is 2. The lowest BCUT2D eigenvalue weighted by molar-refractivity contribution is -0.384. The summed E-state index contributed by atoms with van der Waals surface area (Å²) in [5.74, 6) is -0.516. The van der Waals surface area contributed by atoms with Crippen LogP contribution in [0, 0.1) is 10.1 Å². The zero-order chi connectivity index (χ0) is 21.8. The van der Waals surface area contributed by atoms with Gasteiger partial charge in [0.1, 0.15) is 10.1 Å². The predicted octanol–water partition coefficient (Wildman–Crippen LogP) is 4.81. The van der Waals surface area contributed by atoms with Crippen LogP contribution in [-0.2, 0) is 4.79 Å². The molecule has 1 aliphatic rings. The zero-order valence-electron chi connectivity index (χ0n) is 16.2. The van der Waals surface area contributed by atoms with Gasteiger partial charge in [-0.25, -0.2) is 4.79 Å². The molecule has 1 amide bonds. The van der Waals surface area contributed by atoms with Gasteiger partial charge in [0.2, 0.25) is 0 Å². The largest absolute Gasteiger partial charge is 0.423 e. The summed E-state index contributed by atoms with van der Waals surface area (Å²) < 4.78 is 5.82. The zero-order valence-corrected chi connectivity index (χ0v) is 17.9. The molecule has 0 unspecified atom stereocenters. The second kappa shape index (κ2) is 9.19. The third-order valence-corrected chi connectivity index (χ3v) is 5.87. The van der Waals surface area contributed by atoms with Crippen LogP contribution in [0.1, 0.15) is 36.2 Å². The molecule has 0 aromatic heterocycles. The van der Waals surface area contributed by atoms with Gasteiger partial charge in [0, 0.05) is 18.2 Å². The maximum absolute atomic E-state index is 12.6. The number of nitro benzene ring substituents is 1. The average Bonchev–Trinajstić information content (AvgIpc) is 3.01. The van der Waals surface area contributed by atoms with Gasteiger partial charge in [0.15, 0.2) is 0 Å². The van der Waals surface area contributed by atoms with E-state index in [1.165, 1.54) is 30.0 Å². The molecule has 0 bridgehead atoms. The summed E-state index contributed by atoms with van der Waals surface area (Å²) in [5.41, 5.74) is 0.659. The van der Waals surface area contributed by atoms with Crippen molar-refractivity contribution >= 4 is 51.9 Å². The minimum Gasteiger partial charge on any atom is -0.423 e. The molecule has 1 heterocycles. The van der Waals surface area contributed by atoms with Gasteiger partial charge < -0.3 is 4.74 Å². The van der Waals surface area contributed by atoms with Crippen molar-refractivity contribution in [1.82, 2.24) is 4.90 Å². The van der Waals surface area contributed by atoms with E-state index in [4.69, 9.17) is 17.0 Å². The third kappa shape index (κ3) is 4.74. The molecule has 30 heavy (non-hydrogen) atoms. The average molecular weight is 443 g/mol. The number of thiocarbonyl (C=S) groups is 1. The number of amides is 1. The number of hydrogen-bond donors (Lipinski definition) is 0. The van der Waals surface area contributed by atoms with E-state index in [0.717, 1.165) is 18.1 Å². The fraction of sp³-hybridized carbons (Fsp3) is 0.190. The molecule has 1 aliphatic heterocycles. The molecule has 2 aromatic rings. The van der Waals surface area contributed by atoms with Crippen molar-refractivity contribution in [3.63, 3.8) is 0 Å². The van der Waals surface area contributed by atoms with Crippen LogP contribution in [0.5, 0.6) is 5.75 Å². The molecule has 7 nitrogen and oxygen atoms in total. The first-order valence-electron chi connectivity index (χ1n) is 9.14. The third-order valence-electron chi connectivity index (χ3n) is 4.54. The van der Waals surface area contributed by atoms with Crippen molar-refractivity contribution in [1.29, 1.82) is 0 Å². The maximum atomic E-state index is 12.6. The van der Waals surface area contributed by atoms with Gasteiger partial charge in [-0.15, -0.1) is 0 Å². The van der Waals surface area contributed by atoms with Crippen LogP contribution in [-0.4, -0.2) is 32.1 Å². The molecule has 2 aromatic carbocycles. The molecule has 1 fully saturated rings. The van der Waals surface area contributed by atoms with Crippen molar-refractivity contribution in [2.24, 2.45) is 0 Å². The monoisotopic (exact) mass is 442 g/mol. The van der Waals surface area contributed by atoms with Crippen molar-refractivity contribution in [2.75, 3.05) is 0 Å². The fourth-order valence-corrected chi connectivity index (χ4v) is 4.20. The summed E-state index contributed by atoms with van der Waals surface area (Å²) in [4.78, 5) is 37.3. The lowest BCUT2D eigenvalue weighted by Gasteiger charge is -2.21. The van der Waals surface area contributed by atoms with Crippen LogP contribution in [0.15, 0.2) is 53.4 Å². The molecule has 0 aliphatic carbocycles. The second-order valence-corrected chi connectivity index (χ2v) is 8.25. The van der Waals surface area contributed by atoms with Crippen LogP contribution >= 0.6 is 24.0 Å². The molecule has 9 heteroatoms. The Bertz CT molecular complexity index is 1050. The number of nitro groups is 1. The van der Waals surface area contributed by atoms with Gasteiger partial charge in [-0.05, 0) is 43.2 Å². The van der Waals surface area contributed by atoms with Gasteiger partial charge in [0.05, 0.1) is 15.4 Å². The van der Waals surface area contributed by atoms with Gasteiger partial charge >= 0.3 is 5.97 Å². The molecular weight excluding hydrogens is 424 g/mol. The summed E-state index contributed by atoms with van der Waals surface area (Å²) in [6, 6.07) is 12.0. The first-order chi connectivity index (χ1) is 14.3. The minimum atomic E-state index is -0.694. The molecular formula is C21H18N2O5S2. The summed E-state index contributed by atoms with van der Waals surface area (Å²) in [6.45, 7) is 3.96. The number of ether oxygens (including phenoxy) is 1. The summed E-state index contributed by atoms with van der Waals surface area (Å²) >= 11 is 6.59. The van der Waals surface area contributed by atoms with Gasteiger partial charge in [0.25, 0.3) is 11.6 Å². The summed E-state index contributed by atoms with van der Waals surface area (Å²) in [5, 5.41) is 10.8. The number of benzene rings is 2. The van der Waals surface area contributed by atoms with Crippen molar-refractivity contribution in [3.8, 4) is 5.75 Å². The van der Waals surface area contributed by atoms with Crippen LogP contribution in [0.3, 0.4) is 0 Å². The molecule has 0 radical (unpaired) electrons. The Morgan fingerprint density at radius 3 is 2.63 bits per heavy atom. The first-order valence-corrected chi connectivity index (χ1v) is 10.4. The highest BCUT2D eigenvalue weighted by Gasteiger charge is 2.34. The molecule has 0 saturated carbocycles. The van der Waals surface area contributed by atoms with Crippen molar-refractivity contribution < 1.29 is 19.2 Å². The molecule has 154 valence electrons. The Labute approximate surface area is 182 Å². The van der Waals surface area contributed by atoms with Gasteiger partial charge in [-0.3, -0.25) is 19.8 Å². The molecule has 1 saturated heterocycles. The van der Waals surface area contributed by atoms with Crippen molar-refractivity contribution in [2.45, 2.75) is 26.3 Å². The van der Waals surface area contributed by atoms with Crippen LogP contribution in [0.4, 0.5) is 5.69 Å². The molecule has 0 N–H and O–H groups in total. The van der Waals surface area contributed by atoms with Gasteiger partial charge in [-0.1, -0.05) is 49.1 Å². The quantitative estimate of drug-likeness (QED) is 0.158. The fourth-order valence-electron chi connectivity index (χ4n) is 2.74. The van der Waals surface area contributed by atoms with E-state index in [2.05, 4.69) is 0 Å². The number of hydrogen-bond acceptors (Lipinski definition) is 7. The minimum absolute atomic E-state index is 0.0407. The van der Waals surface area contributed by atoms with Crippen molar-refractivity contribution in [3.05, 3.63) is 74.7 Å². The van der Waals surface area contributed by atoms with Crippen LogP contribution < -0.4 is 4.74 Å². The standard InChI is InChI=1S/C21H18N2O5S2/c1-3-13(2)22-19(24)18(30-21(22)29)11-14-7-9-17(10-8-14)28-20(25)15-5-4-6-16(12-15)23(26)27/h4-13H,3H2,1-2H3/b18-11-/t13-/m1/s1. The van der Waals surface area contributed by atoms with E-state index in [0.29, 0.717) is 9.23 Å². The predicted molar refractivity (Wildman–Crippen MR) is 119 cm³/mol. The Morgan fingerprint density at radius 2 is 2.00 bits per heavy atom. The molecule has 3 rings (SSSR count). The van der Waals surface area contributed by atoms with Crippen LogP contribution in [0.25, 0.3) is 6.08 Å². The molecule has 0 spiro atoms.